The second-order valence-corrected chi connectivity index (χ2v) is 11.3. The van der Waals surface area contributed by atoms with Crippen molar-refractivity contribution in [2.45, 2.75) is 50.5 Å². The van der Waals surface area contributed by atoms with Crippen LogP contribution in [0.1, 0.15) is 55.8 Å². The van der Waals surface area contributed by atoms with E-state index < -0.39 is 10.0 Å². The smallest absolute Gasteiger partial charge is 0.243 e. The summed E-state index contributed by atoms with van der Waals surface area (Å²) in [4.78, 5) is 29.2. The molecule has 0 aliphatic carbocycles. The van der Waals surface area contributed by atoms with Crippen molar-refractivity contribution in [1.29, 1.82) is 0 Å². The highest BCUT2D eigenvalue weighted by Crippen LogP contribution is 2.33. The Morgan fingerprint density at radius 3 is 2.21 bits per heavy atom. The fourth-order valence-corrected chi connectivity index (χ4v) is 6.32. The number of piperazine rings is 1. The molecule has 2 heterocycles. The van der Waals surface area contributed by atoms with Gasteiger partial charge in [-0.1, -0.05) is 50.2 Å². The Morgan fingerprint density at radius 2 is 1.59 bits per heavy atom. The molecule has 0 spiro atoms. The number of hydrogen-bond donors (Lipinski definition) is 0. The highest BCUT2D eigenvalue weighted by molar-refractivity contribution is 7.89. The Hall–Kier alpha value is -2.71. The molecule has 2 aromatic carbocycles. The van der Waals surface area contributed by atoms with Crippen LogP contribution in [0.3, 0.4) is 0 Å². The highest BCUT2D eigenvalue weighted by Gasteiger charge is 2.34. The van der Waals surface area contributed by atoms with E-state index in [2.05, 4.69) is 19.9 Å². The predicted octanol–water partition coefficient (Wildman–Crippen LogP) is 3.18. The molecule has 4 rings (SSSR count). The van der Waals surface area contributed by atoms with Crippen molar-refractivity contribution in [3.63, 3.8) is 0 Å². The zero-order valence-corrected chi connectivity index (χ0v) is 20.9. The molecular weight excluding hydrogens is 450 g/mol. The third kappa shape index (κ3) is 4.88. The van der Waals surface area contributed by atoms with Gasteiger partial charge in [-0.05, 0) is 41.2 Å². The summed E-state index contributed by atoms with van der Waals surface area (Å²) >= 11 is 0. The van der Waals surface area contributed by atoms with Gasteiger partial charge >= 0.3 is 0 Å². The first kappa shape index (κ1) is 24.4. The molecule has 0 bridgehead atoms. The first-order chi connectivity index (χ1) is 16.2. The minimum atomic E-state index is -3.60. The van der Waals surface area contributed by atoms with Crippen LogP contribution < -0.4 is 0 Å². The van der Waals surface area contributed by atoms with Crippen LogP contribution in [-0.2, 0) is 26.0 Å². The quantitative estimate of drug-likeness (QED) is 0.655. The Labute approximate surface area is 202 Å². The van der Waals surface area contributed by atoms with Crippen LogP contribution in [0.25, 0.3) is 0 Å². The lowest BCUT2D eigenvalue weighted by Gasteiger charge is -2.39. The molecule has 0 aromatic heterocycles. The largest absolute Gasteiger partial charge is 0.340 e. The molecular formula is C26H33N3O4S. The van der Waals surface area contributed by atoms with E-state index in [4.69, 9.17) is 0 Å². The first-order valence-corrected chi connectivity index (χ1v) is 13.4. The minimum absolute atomic E-state index is 0.0355. The van der Waals surface area contributed by atoms with Gasteiger partial charge in [0.2, 0.25) is 21.8 Å². The molecule has 1 fully saturated rings. The third-order valence-corrected chi connectivity index (χ3v) is 8.87. The SMILES string of the molecule is CC(=O)N1CCc2ccccc2C1CC(=O)N1CCN(S(=O)(=O)c2ccc(C(C)C)cc2)CC1. The average Bonchev–Trinajstić information content (AvgIpc) is 2.84. The second kappa shape index (κ2) is 9.88. The predicted molar refractivity (Wildman–Crippen MR) is 131 cm³/mol. The number of nitrogens with zero attached hydrogens (tertiary/aromatic N) is 3. The first-order valence-electron chi connectivity index (χ1n) is 11.9. The van der Waals surface area contributed by atoms with Crippen LogP contribution in [0.4, 0.5) is 0 Å². The summed E-state index contributed by atoms with van der Waals surface area (Å²) < 4.78 is 27.6. The molecule has 1 unspecified atom stereocenters. The lowest BCUT2D eigenvalue weighted by atomic mass is 9.90. The summed E-state index contributed by atoms with van der Waals surface area (Å²) in [5.41, 5.74) is 3.30. The Morgan fingerprint density at radius 1 is 0.941 bits per heavy atom. The fourth-order valence-electron chi connectivity index (χ4n) is 4.89. The van der Waals surface area contributed by atoms with Crippen molar-refractivity contribution < 1.29 is 18.0 Å². The number of amides is 2. The molecule has 2 aliphatic rings. The summed E-state index contributed by atoms with van der Waals surface area (Å²) in [5, 5.41) is 0. The topological polar surface area (TPSA) is 78.0 Å². The van der Waals surface area contributed by atoms with Gasteiger partial charge in [-0.2, -0.15) is 4.31 Å². The van der Waals surface area contributed by atoms with E-state index in [-0.39, 0.29) is 42.3 Å². The van der Waals surface area contributed by atoms with Crippen LogP contribution in [0.2, 0.25) is 0 Å². The number of carbonyl (C=O) groups excluding carboxylic acids is 2. The van der Waals surface area contributed by atoms with Crippen LogP contribution in [-0.4, -0.2) is 67.1 Å². The van der Waals surface area contributed by atoms with Gasteiger partial charge in [-0.15, -0.1) is 0 Å². The van der Waals surface area contributed by atoms with Crippen molar-refractivity contribution in [3.8, 4) is 0 Å². The van der Waals surface area contributed by atoms with Crippen LogP contribution >= 0.6 is 0 Å². The van der Waals surface area contributed by atoms with E-state index in [9.17, 15) is 18.0 Å². The van der Waals surface area contributed by atoms with Gasteiger partial charge in [0.05, 0.1) is 17.4 Å². The monoisotopic (exact) mass is 483 g/mol. The molecule has 1 saturated heterocycles. The summed E-state index contributed by atoms with van der Waals surface area (Å²) in [7, 11) is -3.60. The Bertz CT molecular complexity index is 1150. The third-order valence-electron chi connectivity index (χ3n) is 6.96. The molecule has 2 aromatic rings. The number of hydrogen-bond acceptors (Lipinski definition) is 4. The number of carbonyl (C=O) groups is 2. The van der Waals surface area contributed by atoms with Crippen molar-refractivity contribution in [3.05, 3.63) is 65.2 Å². The van der Waals surface area contributed by atoms with Crippen LogP contribution in [0.5, 0.6) is 0 Å². The summed E-state index contributed by atoms with van der Waals surface area (Å²) in [5.74, 6) is 0.249. The summed E-state index contributed by atoms with van der Waals surface area (Å²) in [6.07, 6.45) is 0.995. The van der Waals surface area contributed by atoms with Crippen molar-refractivity contribution in [2.24, 2.45) is 0 Å². The van der Waals surface area contributed by atoms with E-state index in [0.717, 1.165) is 17.5 Å². The van der Waals surface area contributed by atoms with Gasteiger partial charge in [-0.3, -0.25) is 9.59 Å². The van der Waals surface area contributed by atoms with Gasteiger partial charge < -0.3 is 9.80 Å². The average molecular weight is 484 g/mol. The zero-order chi connectivity index (χ0) is 24.5. The molecule has 1 atom stereocenters. The fraction of sp³-hybridized carbons (Fsp3) is 0.462. The number of benzene rings is 2. The number of fused-ring (bicyclic) bond motifs is 1. The second-order valence-electron chi connectivity index (χ2n) is 9.39. The number of sulfonamides is 1. The van der Waals surface area contributed by atoms with E-state index in [0.29, 0.717) is 25.6 Å². The van der Waals surface area contributed by atoms with Gasteiger partial charge in [0, 0.05) is 39.6 Å². The van der Waals surface area contributed by atoms with Gasteiger partial charge in [-0.25, -0.2) is 8.42 Å². The number of rotatable bonds is 5. The molecule has 8 heteroatoms. The molecule has 182 valence electrons. The van der Waals surface area contributed by atoms with Crippen molar-refractivity contribution in [2.75, 3.05) is 32.7 Å². The van der Waals surface area contributed by atoms with E-state index in [1.165, 1.54) is 9.87 Å². The summed E-state index contributed by atoms with van der Waals surface area (Å²) in [6.45, 7) is 7.50. The molecule has 0 saturated carbocycles. The summed E-state index contributed by atoms with van der Waals surface area (Å²) in [6, 6.07) is 14.8. The lowest BCUT2D eigenvalue weighted by molar-refractivity contribution is -0.137. The maximum Gasteiger partial charge on any atom is 0.243 e. The highest BCUT2D eigenvalue weighted by atomic mass is 32.2. The molecule has 2 amide bonds. The van der Waals surface area contributed by atoms with Gasteiger partial charge in [0.1, 0.15) is 0 Å². The van der Waals surface area contributed by atoms with Gasteiger partial charge in [0.25, 0.3) is 0 Å². The van der Waals surface area contributed by atoms with E-state index in [1.54, 1.807) is 28.9 Å². The maximum atomic E-state index is 13.2. The normalized spacial score (nSPS) is 19.2. The standard InChI is InChI=1S/C26H33N3O4S/c1-19(2)21-8-10-23(11-9-21)34(32,33)28-16-14-27(15-17-28)26(31)18-25-24-7-5-4-6-22(24)12-13-29(25)20(3)30/h4-11,19,25H,12-18H2,1-3H3. The molecule has 34 heavy (non-hydrogen) atoms. The van der Waals surface area contributed by atoms with Crippen molar-refractivity contribution in [1.82, 2.24) is 14.1 Å². The zero-order valence-electron chi connectivity index (χ0n) is 20.1. The van der Waals surface area contributed by atoms with Crippen molar-refractivity contribution >= 4 is 21.8 Å². The molecule has 7 nitrogen and oxygen atoms in total. The molecule has 0 radical (unpaired) electrons. The maximum absolute atomic E-state index is 13.2. The molecule has 0 N–H and O–H groups in total. The van der Waals surface area contributed by atoms with Crippen LogP contribution in [0, 0.1) is 0 Å². The molecule has 2 aliphatic heterocycles. The Balaban J connectivity index is 1.42. The lowest BCUT2D eigenvalue weighted by Crippen LogP contribution is -2.51. The van der Waals surface area contributed by atoms with Crippen LogP contribution in [0.15, 0.2) is 53.4 Å². The minimum Gasteiger partial charge on any atom is -0.340 e. The Kier molecular flexibility index (Phi) is 7.09. The van der Waals surface area contributed by atoms with E-state index in [1.807, 2.05) is 30.3 Å². The van der Waals surface area contributed by atoms with E-state index >= 15 is 0 Å². The van der Waals surface area contributed by atoms with Gasteiger partial charge in [0.15, 0.2) is 0 Å².